The van der Waals surface area contributed by atoms with Crippen LogP contribution < -0.4 is 20.3 Å². The van der Waals surface area contributed by atoms with E-state index in [2.05, 4.69) is 35.4 Å². The van der Waals surface area contributed by atoms with Crippen molar-refractivity contribution in [1.29, 1.82) is 0 Å². The molecular formula is C33H42N4O7. The minimum absolute atomic E-state index is 0.00751. The number of nitrogens with one attached hydrogen (secondary N) is 2. The van der Waals surface area contributed by atoms with Gasteiger partial charge in [0.25, 0.3) is 5.69 Å². The number of fused-ring (bicyclic) bond motifs is 2. The highest BCUT2D eigenvalue weighted by molar-refractivity contribution is 5.83. The summed E-state index contributed by atoms with van der Waals surface area (Å²) in [5.41, 5.74) is 0.480. The van der Waals surface area contributed by atoms with Crippen LogP contribution in [0.2, 0.25) is 0 Å². The van der Waals surface area contributed by atoms with Crippen molar-refractivity contribution in [2.45, 2.75) is 65.0 Å². The number of para-hydroxylation sites is 1. The van der Waals surface area contributed by atoms with Crippen molar-refractivity contribution >= 4 is 35.2 Å². The van der Waals surface area contributed by atoms with Crippen molar-refractivity contribution < 1.29 is 28.8 Å². The molecule has 0 fully saturated rings. The predicted molar refractivity (Wildman–Crippen MR) is 167 cm³/mol. The summed E-state index contributed by atoms with van der Waals surface area (Å²) in [4.78, 5) is 50.3. The van der Waals surface area contributed by atoms with E-state index < -0.39 is 27.4 Å². The molecule has 0 radical (unpaired) electrons. The number of esters is 1. The molecule has 2 aliphatic rings. The van der Waals surface area contributed by atoms with Crippen LogP contribution in [-0.2, 0) is 24.5 Å². The van der Waals surface area contributed by atoms with Crippen LogP contribution in [0.3, 0.4) is 0 Å². The Morgan fingerprint density at radius 1 is 1.11 bits per heavy atom. The number of carbonyl (C=O) groups excluding carboxylic acids is 3. The van der Waals surface area contributed by atoms with Crippen molar-refractivity contribution in [3.05, 3.63) is 69.8 Å². The molecule has 2 amide bonds. The van der Waals surface area contributed by atoms with Gasteiger partial charge in [0.15, 0.2) is 0 Å². The summed E-state index contributed by atoms with van der Waals surface area (Å²) >= 11 is 0. The zero-order chi connectivity index (χ0) is 32.3. The van der Waals surface area contributed by atoms with Gasteiger partial charge in [-0.15, -0.1) is 0 Å². The first kappa shape index (κ1) is 32.5. The van der Waals surface area contributed by atoms with E-state index in [9.17, 15) is 24.5 Å². The summed E-state index contributed by atoms with van der Waals surface area (Å²) < 4.78 is 11.4. The number of anilines is 1. The Labute approximate surface area is 258 Å². The Hall–Kier alpha value is -4.41. The number of hydrogen-bond donors (Lipinski definition) is 2. The second-order valence-corrected chi connectivity index (χ2v) is 12.6. The molecule has 1 spiro atoms. The molecule has 2 unspecified atom stereocenters. The van der Waals surface area contributed by atoms with Crippen molar-refractivity contribution in [3.63, 3.8) is 0 Å². The van der Waals surface area contributed by atoms with Gasteiger partial charge >= 0.3 is 5.97 Å². The maximum absolute atomic E-state index is 12.9. The molecule has 236 valence electrons. The number of rotatable bonds is 12. The molecule has 2 aromatic carbocycles. The molecule has 2 N–H and O–H groups in total. The molecule has 44 heavy (non-hydrogen) atoms. The molecule has 2 heterocycles. The normalized spacial score (nSPS) is 18.5. The second-order valence-electron chi connectivity index (χ2n) is 12.6. The Kier molecular flexibility index (Phi) is 9.36. The first-order valence-electron chi connectivity index (χ1n) is 14.9. The van der Waals surface area contributed by atoms with Gasteiger partial charge < -0.3 is 25.0 Å². The fraction of sp³-hybridized carbons (Fsp3) is 0.485. The van der Waals surface area contributed by atoms with E-state index in [0.29, 0.717) is 43.8 Å². The molecule has 11 heteroatoms. The number of nitro groups is 1. The third kappa shape index (κ3) is 6.27. The SMILES string of the molecule is COC(=O)C(C)CC(C)(C)C(=O)NCCCNC(=O)CCN1c2ccccc2C(C)(C)C12C=Cc1cc([N+](=O)[O-])ccc1O2. The highest BCUT2D eigenvalue weighted by atomic mass is 16.6. The molecule has 4 rings (SSSR count). The van der Waals surface area contributed by atoms with Crippen LogP contribution in [0.5, 0.6) is 5.75 Å². The molecule has 0 saturated heterocycles. The van der Waals surface area contributed by atoms with Gasteiger partial charge in [0.05, 0.1) is 23.4 Å². The third-order valence-electron chi connectivity index (χ3n) is 8.68. The minimum atomic E-state index is -0.942. The summed E-state index contributed by atoms with van der Waals surface area (Å²) in [5.74, 6) is -0.479. The van der Waals surface area contributed by atoms with Gasteiger partial charge in [-0.25, -0.2) is 0 Å². The first-order valence-corrected chi connectivity index (χ1v) is 14.9. The second kappa shape index (κ2) is 12.7. The standard InChI is InChI=1S/C33H42N4O7/c1-22(29(39)43-6)21-31(2,3)30(40)35-18-9-17-34-28(38)15-19-36-26-11-8-7-10-25(26)32(4,5)33(36)16-14-23-20-24(37(41)42)12-13-27(23)44-33/h7-8,10-14,16,20,22H,9,15,17-19,21H2,1-6H3,(H,34,38)(H,35,40). The van der Waals surface area contributed by atoms with E-state index in [1.807, 2.05) is 30.4 Å². The molecule has 2 aromatic rings. The maximum atomic E-state index is 12.9. The molecule has 0 aromatic heterocycles. The first-order chi connectivity index (χ1) is 20.7. The van der Waals surface area contributed by atoms with E-state index in [1.165, 1.54) is 19.2 Å². The molecule has 0 bridgehead atoms. The fourth-order valence-corrected chi connectivity index (χ4v) is 6.19. The number of nitro benzene ring substituents is 1. The zero-order valence-corrected chi connectivity index (χ0v) is 26.3. The van der Waals surface area contributed by atoms with Crippen molar-refractivity contribution in [3.8, 4) is 5.75 Å². The molecule has 0 aliphatic carbocycles. The average Bonchev–Trinajstić information content (AvgIpc) is 3.16. The van der Waals surface area contributed by atoms with Crippen LogP contribution in [0.4, 0.5) is 11.4 Å². The molecule has 2 atom stereocenters. The maximum Gasteiger partial charge on any atom is 0.308 e. The number of ether oxygens (including phenoxy) is 2. The van der Waals surface area contributed by atoms with E-state index in [-0.39, 0.29) is 29.9 Å². The molecular weight excluding hydrogens is 564 g/mol. The lowest BCUT2D eigenvalue weighted by atomic mass is 9.76. The zero-order valence-electron chi connectivity index (χ0n) is 26.3. The van der Waals surface area contributed by atoms with Gasteiger partial charge in [0, 0.05) is 54.9 Å². The number of benzene rings is 2. The predicted octanol–water partition coefficient (Wildman–Crippen LogP) is 4.73. The lowest BCUT2D eigenvalue weighted by Crippen LogP contribution is -2.60. The van der Waals surface area contributed by atoms with Gasteiger partial charge in [0.2, 0.25) is 17.5 Å². The Morgan fingerprint density at radius 2 is 1.82 bits per heavy atom. The number of methoxy groups -OCH3 is 1. The van der Waals surface area contributed by atoms with Crippen molar-refractivity contribution in [2.24, 2.45) is 11.3 Å². The summed E-state index contributed by atoms with van der Waals surface area (Å²) in [6, 6.07) is 12.6. The molecule has 11 nitrogen and oxygen atoms in total. The number of nitrogens with zero attached hydrogens (tertiary/aromatic N) is 2. The van der Waals surface area contributed by atoms with E-state index >= 15 is 0 Å². The molecule has 0 saturated carbocycles. The Morgan fingerprint density at radius 3 is 2.52 bits per heavy atom. The van der Waals surface area contributed by atoms with Gasteiger partial charge in [-0.1, -0.05) is 39.0 Å². The van der Waals surface area contributed by atoms with E-state index in [1.54, 1.807) is 26.8 Å². The van der Waals surface area contributed by atoms with Crippen LogP contribution in [0.25, 0.3) is 6.08 Å². The highest BCUT2D eigenvalue weighted by Crippen LogP contribution is 2.55. The van der Waals surface area contributed by atoms with Gasteiger partial charge in [-0.3, -0.25) is 24.5 Å². The highest BCUT2D eigenvalue weighted by Gasteiger charge is 2.58. The third-order valence-corrected chi connectivity index (χ3v) is 8.68. The molecule has 2 aliphatic heterocycles. The van der Waals surface area contributed by atoms with Gasteiger partial charge in [-0.05, 0) is 56.5 Å². The summed E-state index contributed by atoms with van der Waals surface area (Å²) in [6.45, 7) is 10.7. The summed E-state index contributed by atoms with van der Waals surface area (Å²) in [5, 5.41) is 17.1. The fourth-order valence-electron chi connectivity index (χ4n) is 6.19. The smallest absolute Gasteiger partial charge is 0.308 e. The summed E-state index contributed by atoms with van der Waals surface area (Å²) in [6.07, 6.45) is 4.93. The average molecular weight is 607 g/mol. The lowest BCUT2D eigenvalue weighted by Gasteiger charge is -2.47. The Balaban J connectivity index is 1.35. The van der Waals surface area contributed by atoms with E-state index in [4.69, 9.17) is 9.47 Å². The number of non-ortho nitro benzene ring substituents is 1. The number of hydrogen-bond acceptors (Lipinski definition) is 8. The summed E-state index contributed by atoms with van der Waals surface area (Å²) in [7, 11) is 1.33. The quantitative estimate of drug-likeness (QED) is 0.153. The van der Waals surface area contributed by atoms with Crippen LogP contribution >= 0.6 is 0 Å². The topological polar surface area (TPSA) is 140 Å². The van der Waals surface area contributed by atoms with Crippen LogP contribution in [0.15, 0.2) is 48.5 Å². The number of amides is 2. The van der Waals surface area contributed by atoms with Gasteiger partial charge in [0.1, 0.15) is 5.75 Å². The van der Waals surface area contributed by atoms with Crippen LogP contribution in [-0.4, -0.2) is 55.2 Å². The number of carbonyl (C=O) groups is 3. The van der Waals surface area contributed by atoms with Crippen LogP contribution in [0, 0.1) is 21.4 Å². The Bertz CT molecular complexity index is 1470. The van der Waals surface area contributed by atoms with E-state index in [0.717, 1.165) is 11.3 Å². The monoisotopic (exact) mass is 606 g/mol. The lowest BCUT2D eigenvalue weighted by molar-refractivity contribution is -0.384. The van der Waals surface area contributed by atoms with Crippen molar-refractivity contribution in [1.82, 2.24) is 10.6 Å². The van der Waals surface area contributed by atoms with Crippen LogP contribution in [0.1, 0.15) is 65.0 Å². The van der Waals surface area contributed by atoms with Gasteiger partial charge in [-0.2, -0.15) is 0 Å². The minimum Gasteiger partial charge on any atom is -0.469 e. The largest absolute Gasteiger partial charge is 0.469 e. The van der Waals surface area contributed by atoms with Crippen molar-refractivity contribution in [2.75, 3.05) is 31.6 Å².